The Hall–Kier alpha value is -3.04. The van der Waals surface area contributed by atoms with E-state index < -0.39 is 24.6 Å². The first-order chi connectivity index (χ1) is 12.4. The van der Waals surface area contributed by atoms with E-state index in [4.69, 9.17) is 26.3 Å². The van der Waals surface area contributed by atoms with Crippen molar-refractivity contribution in [1.82, 2.24) is 0 Å². The molecule has 1 atom stereocenters. The minimum absolute atomic E-state index is 0.423. The number of nitriles is 1. The third-order valence-corrected chi connectivity index (χ3v) is 3.84. The van der Waals surface area contributed by atoms with Crippen molar-refractivity contribution in [2.75, 3.05) is 11.9 Å². The highest BCUT2D eigenvalue weighted by atomic mass is 35.5. The van der Waals surface area contributed by atoms with Crippen molar-refractivity contribution in [3.8, 4) is 11.8 Å². The Morgan fingerprint density at radius 1 is 1.23 bits per heavy atom. The van der Waals surface area contributed by atoms with E-state index in [1.54, 1.807) is 42.5 Å². The van der Waals surface area contributed by atoms with Crippen LogP contribution >= 0.6 is 11.6 Å². The van der Waals surface area contributed by atoms with Gasteiger partial charge in [0.1, 0.15) is 5.75 Å². The lowest BCUT2D eigenvalue weighted by molar-refractivity contribution is -0.153. The lowest BCUT2D eigenvalue weighted by Crippen LogP contribution is -2.29. The Kier molecular flexibility index (Phi) is 6.59. The zero-order valence-electron chi connectivity index (χ0n) is 14.3. The normalized spacial score (nSPS) is 11.2. The molecule has 0 fully saturated rings. The number of nitrogens with zero attached hydrogens (tertiary/aromatic N) is 1. The van der Waals surface area contributed by atoms with E-state index in [1.807, 2.05) is 13.0 Å². The number of esters is 1. The van der Waals surface area contributed by atoms with Gasteiger partial charge < -0.3 is 14.8 Å². The number of anilines is 1. The minimum Gasteiger partial charge on any atom is -0.479 e. The standard InChI is InChI=1S/C19H17ClN2O4/c1-12-3-6-15(9-17(12)20)22-18(23)11-25-19(24)13(2)26-16-7-4-14(10-21)5-8-16/h3-9,13H,11H2,1-2H3,(H,22,23)/t13-/m0/s1. The van der Waals surface area contributed by atoms with Crippen molar-refractivity contribution in [1.29, 1.82) is 5.26 Å². The summed E-state index contributed by atoms with van der Waals surface area (Å²) in [6.45, 7) is 2.93. The average molecular weight is 373 g/mol. The maximum absolute atomic E-state index is 11.9. The molecule has 0 unspecified atom stereocenters. The molecule has 6 nitrogen and oxygen atoms in total. The van der Waals surface area contributed by atoms with Crippen LogP contribution in [0.5, 0.6) is 5.75 Å². The van der Waals surface area contributed by atoms with Crippen LogP contribution in [-0.4, -0.2) is 24.6 Å². The van der Waals surface area contributed by atoms with Crippen LogP contribution in [0.25, 0.3) is 0 Å². The van der Waals surface area contributed by atoms with Crippen LogP contribution in [0.3, 0.4) is 0 Å². The SMILES string of the molecule is Cc1ccc(NC(=O)COC(=O)[C@H](C)Oc2ccc(C#N)cc2)cc1Cl. The summed E-state index contributed by atoms with van der Waals surface area (Å²) in [7, 11) is 0. The molecule has 26 heavy (non-hydrogen) atoms. The van der Waals surface area contributed by atoms with E-state index in [-0.39, 0.29) is 0 Å². The molecule has 1 amide bonds. The molecule has 7 heteroatoms. The topological polar surface area (TPSA) is 88.4 Å². The van der Waals surface area contributed by atoms with Gasteiger partial charge in [-0.25, -0.2) is 4.79 Å². The number of hydrogen-bond donors (Lipinski definition) is 1. The van der Waals surface area contributed by atoms with E-state index >= 15 is 0 Å². The maximum Gasteiger partial charge on any atom is 0.347 e. The Morgan fingerprint density at radius 3 is 2.54 bits per heavy atom. The van der Waals surface area contributed by atoms with Gasteiger partial charge in [0.2, 0.25) is 0 Å². The maximum atomic E-state index is 11.9. The highest BCUT2D eigenvalue weighted by Gasteiger charge is 2.18. The third-order valence-electron chi connectivity index (χ3n) is 3.43. The number of ether oxygens (including phenoxy) is 2. The van der Waals surface area contributed by atoms with Gasteiger partial charge in [0, 0.05) is 10.7 Å². The number of amides is 1. The lowest BCUT2D eigenvalue weighted by Gasteiger charge is -2.14. The van der Waals surface area contributed by atoms with E-state index in [9.17, 15) is 9.59 Å². The van der Waals surface area contributed by atoms with Gasteiger partial charge in [-0.3, -0.25) is 4.79 Å². The highest BCUT2D eigenvalue weighted by Crippen LogP contribution is 2.20. The quantitative estimate of drug-likeness (QED) is 0.784. The van der Waals surface area contributed by atoms with E-state index in [2.05, 4.69) is 5.32 Å². The monoisotopic (exact) mass is 372 g/mol. The summed E-state index contributed by atoms with van der Waals surface area (Å²) in [6.07, 6.45) is -0.899. The van der Waals surface area contributed by atoms with Crippen molar-refractivity contribution in [3.63, 3.8) is 0 Å². The summed E-state index contributed by atoms with van der Waals surface area (Å²) in [5.41, 5.74) is 1.90. The van der Waals surface area contributed by atoms with Crippen molar-refractivity contribution in [3.05, 3.63) is 58.6 Å². The third kappa shape index (κ3) is 5.50. The average Bonchev–Trinajstić information content (AvgIpc) is 2.63. The highest BCUT2D eigenvalue weighted by molar-refractivity contribution is 6.31. The number of hydrogen-bond acceptors (Lipinski definition) is 5. The molecular formula is C19H17ClN2O4. The molecule has 0 radical (unpaired) electrons. The largest absolute Gasteiger partial charge is 0.479 e. The Balaban J connectivity index is 1.81. The summed E-state index contributed by atoms with van der Waals surface area (Å²) >= 11 is 5.99. The molecule has 0 aliphatic rings. The second-order valence-electron chi connectivity index (χ2n) is 5.52. The van der Waals surface area contributed by atoms with Crippen molar-refractivity contribution in [2.45, 2.75) is 20.0 Å². The van der Waals surface area contributed by atoms with Gasteiger partial charge in [0.25, 0.3) is 5.91 Å². The van der Waals surface area contributed by atoms with Crippen LogP contribution in [0, 0.1) is 18.3 Å². The van der Waals surface area contributed by atoms with Crippen LogP contribution in [0.2, 0.25) is 5.02 Å². The molecular weight excluding hydrogens is 356 g/mol. The summed E-state index contributed by atoms with van der Waals surface area (Å²) in [5, 5.41) is 11.9. The molecule has 0 aliphatic carbocycles. The zero-order valence-corrected chi connectivity index (χ0v) is 15.0. The van der Waals surface area contributed by atoms with Crippen LogP contribution in [-0.2, 0) is 14.3 Å². The molecule has 2 aromatic rings. The molecule has 0 heterocycles. The fraction of sp³-hybridized carbons (Fsp3) is 0.211. The number of nitrogens with one attached hydrogen (secondary N) is 1. The zero-order chi connectivity index (χ0) is 19.1. The number of benzene rings is 2. The Bertz CT molecular complexity index is 844. The number of aryl methyl sites for hydroxylation is 1. The Morgan fingerprint density at radius 2 is 1.92 bits per heavy atom. The first-order valence-corrected chi connectivity index (χ1v) is 8.16. The van der Waals surface area contributed by atoms with Crippen molar-refractivity contribution in [2.24, 2.45) is 0 Å². The van der Waals surface area contributed by atoms with Gasteiger partial charge in [-0.1, -0.05) is 17.7 Å². The number of halogens is 1. The molecule has 1 N–H and O–H groups in total. The van der Waals surface area contributed by atoms with Gasteiger partial charge in [-0.15, -0.1) is 0 Å². The van der Waals surface area contributed by atoms with Crippen LogP contribution in [0.4, 0.5) is 5.69 Å². The fourth-order valence-corrected chi connectivity index (χ4v) is 2.16. The predicted octanol–water partition coefficient (Wildman–Crippen LogP) is 3.47. The predicted molar refractivity (Wildman–Crippen MR) is 97.0 cm³/mol. The Labute approximate surface area is 156 Å². The van der Waals surface area contributed by atoms with Gasteiger partial charge in [-0.05, 0) is 55.8 Å². The second kappa shape index (κ2) is 8.88. The van der Waals surface area contributed by atoms with Gasteiger partial charge in [0.15, 0.2) is 12.7 Å². The minimum atomic E-state index is -0.899. The van der Waals surface area contributed by atoms with Crippen LogP contribution in [0.1, 0.15) is 18.1 Å². The van der Waals surface area contributed by atoms with Crippen molar-refractivity contribution >= 4 is 29.2 Å². The van der Waals surface area contributed by atoms with E-state index in [0.717, 1.165) is 5.56 Å². The molecule has 2 aromatic carbocycles. The molecule has 0 bridgehead atoms. The molecule has 0 aromatic heterocycles. The molecule has 0 saturated carbocycles. The lowest BCUT2D eigenvalue weighted by atomic mass is 10.2. The van der Waals surface area contributed by atoms with E-state index in [0.29, 0.717) is 22.0 Å². The number of rotatable bonds is 6. The summed E-state index contributed by atoms with van der Waals surface area (Å²) < 4.78 is 10.4. The molecule has 0 aliphatic heterocycles. The van der Waals surface area contributed by atoms with Gasteiger partial charge >= 0.3 is 5.97 Å². The smallest absolute Gasteiger partial charge is 0.347 e. The molecule has 134 valence electrons. The van der Waals surface area contributed by atoms with Gasteiger partial charge in [0.05, 0.1) is 11.6 Å². The first-order valence-electron chi connectivity index (χ1n) is 7.78. The van der Waals surface area contributed by atoms with Crippen molar-refractivity contribution < 1.29 is 19.1 Å². The molecule has 0 saturated heterocycles. The summed E-state index contributed by atoms with van der Waals surface area (Å²) in [5.74, 6) is -0.734. The fourth-order valence-electron chi connectivity index (χ4n) is 1.98. The second-order valence-corrected chi connectivity index (χ2v) is 5.92. The van der Waals surface area contributed by atoms with Crippen LogP contribution < -0.4 is 10.1 Å². The summed E-state index contributed by atoms with van der Waals surface area (Å²) in [4.78, 5) is 23.8. The molecule has 0 spiro atoms. The van der Waals surface area contributed by atoms with Gasteiger partial charge in [-0.2, -0.15) is 5.26 Å². The van der Waals surface area contributed by atoms with Crippen LogP contribution in [0.15, 0.2) is 42.5 Å². The number of carbonyl (C=O) groups excluding carboxylic acids is 2. The van der Waals surface area contributed by atoms with E-state index in [1.165, 1.54) is 6.92 Å². The first kappa shape index (κ1) is 19.3. The number of carbonyl (C=O) groups is 2. The molecule has 2 rings (SSSR count). The summed E-state index contributed by atoms with van der Waals surface area (Å²) in [6, 6.07) is 13.4.